The van der Waals surface area contributed by atoms with E-state index in [0.717, 1.165) is 83.5 Å². The molecule has 0 rings (SSSR count). The number of unbranched alkanes of at least 4 members (excludes halogenated alkanes) is 22. The number of hydrogen-bond donors (Lipinski definition) is 0. The van der Waals surface area contributed by atoms with Crippen molar-refractivity contribution >= 4 is 13.8 Å². The molecular formula is C52H96NO7P. The summed E-state index contributed by atoms with van der Waals surface area (Å²) in [6.45, 7) is 5.29. The van der Waals surface area contributed by atoms with Crippen molar-refractivity contribution in [3.05, 3.63) is 60.8 Å². The standard InChI is InChI=1S/C52H96NO7P/c1-6-8-10-12-14-16-18-20-22-24-26-27-28-29-31-33-35-37-39-41-43-45-52(54)60-51(50-59-61(55,56)58-48-46-53(3,4)5)49-57-47-44-42-40-38-36-34-32-30-25-23-21-19-17-15-13-11-9-7-2/h8,10,14,16,20,22,26-27,29,31,51H,6-7,9,11-13,15,17-19,21,23-25,28,30,32-50H2,1-5H3/b10-8-,16-14-,22-20-,27-26-,31-29-. The first-order chi connectivity index (χ1) is 29.6. The molecule has 356 valence electrons. The van der Waals surface area contributed by atoms with Crippen molar-refractivity contribution < 1.29 is 37.3 Å². The number of rotatable bonds is 46. The highest BCUT2D eigenvalue weighted by Gasteiger charge is 2.20. The average molecular weight is 878 g/mol. The van der Waals surface area contributed by atoms with Crippen molar-refractivity contribution in [1.82, 2.24) is 0 Å². The van der Waals surface area contributed by atoms with Crippen molar-refractivity contribution in [3.63, 3.8) is 0 Å². The lowest BCUT2D eigenvalue weighted by Crippen LogP contribution is -2.37. The van der Waals surface area contributed by atoms with Crippen LogP contribution in [0, 0.1) is 0 Å². The number of allylic oxidation sites excluding steroid dienone is 10. The van der Waals surface area contributed by atoms with E-state index in [-0.39, 0.29) is 25.8 Å². The molecule has 0 aromatic heterocycles. The Hall–Kier alpha value is -1.80. The van der Waals surface area contributed by atoms with Gasteiger partial charge in [0.1, 0.15) is 19.3 Å². The number of esters is 1. The molecule has 0 bridgehead atoms. The van der Waals surface area contributed by atoms with E-state index in [1.54, 1.807) is 0 Å². The Labute approximate surface area is 377 Å². The number of hydrogen-bond acceptors (Lipinski definition) is 7. The van der Waals surface area contributed by atoms with Crippen molar-refractivity contribution in [2.24, 2.45) is 0 Å². The molecule has 0 amide bonds. The van der Waals surface area contributed by atoms with Gasteiger partial charge in [-0.05, 0) is 57.8 Å². The molecule has 0 heterocycles. The number of phosphoric acid groups is 1. The molecule has 0 aromatic carbocycles. The summed E-state index contributed by atoms with van der Waals surface area (Å²) in [6.07, 6.45) is 56.7. The molecular weight excluding hydrogens is 782 g/mol. The summed E-state index contributed by atoms with van der Waals surface area (Å²) in [4.78, 5) is 25.2. The maximum Gasteiger partial charge on any atom is 0.306 e. The van der Waals surface area contributed by atoms with Crippen molar-refractivity contribution in [3.8, 4) is 0 Å². The van der Waals surface area contributed by atoms with E-state index in [4.69, 9.17) is 18.5 Å². The molecule has 0 aliphatic heterocycles. The Bertz CT molecular complexity index is 1160. The van der Waals surface area contributed by atoms with Gasteiger partial charge in [-0.3, -0.25) is 9.36 Å². The van der Waals surface area contributed by atoms with Gasteiger partial charge in [0, 0.05) is 13.0 Å². The third kappa shape index (κ3) is 49.1. The van der Waals surface area contributed by atoms with E-state index in [1.165, 1.54) is 103 Å². The molecule has 0 aliphatic rings. The highest BCUT2D eigenvalue weighted by atomic mass is 31.2. The van der Waals surface area contributed by atoms with Gasteiger partial charge >= 0.3 is 5.97 Å². The highest BCUT2D eigenvalue weighted by molar-refractivity contribution is 7.45. The second kappa shape index (κ2) is 44.8. The molecule has 0 N–H and O–H groups in total. The van der Waals surface area contributed by atoms with Gasteiger partial charge in [0.15, 0.2) is 0 Å². The summed E-state index contributed by atoms with van der Waals surface area (Å²) in [5, 5.41) is 0. The van der Waals surface area contributed by atoms with Gasteiger partial charge < -0.3 is 27.9 Å². The molecule has 9 heteroatoms. The number of likely N-dealkylation sites (N-methyl/N-ethyl adjacent to an activating group) is 1. The van der Waals surface area contributed by atoms with Crippen LogP contribution in [0.4, 0.5) is 0 Å². The number of ether oxygens (including phenoxy) is 2. The zero-order chi connectivity index (χ0) is 44.8. The number of carbonyl (C=O) groups is 1. The minimum atomic E-state index is -4.54. The van der Waals surface area contributed by atoms with Crippen LogP contribution < -0.4 is 4.89 Å². The number of carbonyl (C=O) groups excluding carboxylic acids is 1. The van der Waals surface area contributed by atoms with Gasteiger partial charge in [0.25, 0.3) is 7.82 Å². The van der Waals surface area contributed by atoms with Crippen LogP contribution in [0.3, 0.4) is 0 Å². The van der Waals surface area contributed by atoms with E-state index >= 15 is 0 Å². The molecule has 0 saturated heterocycles. The molecule has 0 saturated carbocycles. The van der Waals surface area contributed by atoms with Crippen LogP contribution in [0.25, 0.3) is 0 Å². The number of phosphoric ester groups is 1. The number of nitrogens with zero attached hydrogens (tertiary/aromatic N) is 1. The Kier molecular flexibility index (Phi) is 43.5. The minimum absolute atomic E-state index is 0.0207. The Balaban J connectivity index is 4.21. The van der Waals surface area contributed by atoms with E-state index in [0.29, 0.717) is 24.1 Å². The summed E-state index contributed by atoms with van der Waals surface area (Å²) in [5.41, 5.74) is 0. The minimum Gasteiger partial charge on any atom is -0.756 e. The SMILES string of the molecule is CC/C=C\C/C=C\C/C=C\C/C=C\C/C=C\CCCCCCCC(=O)OC(COCCCCCCCCCCCCCCCCCCCC)COP(=O)([O-])OCC[N+](C)(C)C. The molecule has 0 fully saturated rings. The maximum atomic E-state index is 12.7. The molecule has 2 atom stereocenters. The van der Waals surface area contributed by atoms with Gasteiger partial charge in [-0.1, -0.05) is 203 Å². The van der Waals surface area contributed by atoms with E-state index in [2.05, 4.69) is 74.6 Å². The topological polar surface area (TPSA) is 94.1 Å². The second-order valence-electron chi connectivity index (χ2n) is 17.8. The van der Waals surface area contributed by atoms with Crippen molar-refractivity contribution in [2.45, 2.75) is 213 Å². The lowest BCUT2D eigenvalue weighted by molar-refractivity contribution is -0.870. The summed E-state index contributed by atoms with van der Waals surface area (Å²) < 4.78 is 34.7. The molecule has 2 unspecified atom stereocenters. The molecule has 8 nitrogen and oxygen atoms in total. The quantitative estimate of drug-likeness (QED) is 0.0198. The molecule has 0 aromatic rings. The van der Waals surface area contributed by atoms with Crippen molar-refractivity contribution in [1.29, 1.82) is 0 Å². The first-order valence-electron chi connectivity index (χ1n) is 25.0. The molecule has 61 heavy (non-hydrogen) atoms. The van der Waals surface area contributed by atoms with E-state index < -0.39 is 13.9 Å². The smallest absolute Gasteiger partial charge is 0.306 e. The fraction of sp³-hybridized carbons (Fsp3) is 0.788. The van der Waals surface area contributed by atoms with Crippen LogP contribution in [0.2, 0.25) is 0 Å². The van der Waals surface area contributed by atoms with Gasteiger partial charge in [-0.2, -0.15) is 0 Å². The third-order valence-corrected chi connectivity index (χ3v) is 11.5. The lowest BCUT2D eigenvalue weighted by Gasteiger charge is -2.28. The maximum absolute atomic E-state index is 12.7. The Morgan fingerprint density at radius 1 is 0.525 bits per heavy atom. The van der Waals surface area contributed by atoms with Crippen LogP contribution in [-0.2, 0) is 27.9 Å². The third-order valence-electron chi connectivity index (χ3n) is 10.6. The summed E-state index contributed by atoms with van der Waals surface area (Å²) in [7, 11) is 1.34. The van der Waals surface area contributed by atoms with Gasteiger partial charge in [-0.15, -0.1) is 0 Å². The number of quaternary nitrogens is 1. The first kappa shape index (κ1) is 59.2. The van der Waals surface area contributed by atoms with E-state index in [1.807, 2.05) is 21.1 Å². The van der Waals surface area contributed by atoms with E-state index in [9.17, 15) is 14.3 Å². The van der Waals surface area contributed by atoms with Crippen LogP contribution in [0.1, 0.15) is 206 Å². The summed E-state index contributed by atoms with van der Waals surface area (Å²) in [6, 6.07) is 0. The van der Waals surface area contributed by atoms with Crippen LogP contribution in [0.15, 0.2) is 60.8 Å². The highest BCUT2D eigenvalue weighted by Crippen LogP contribution is 2.38. The zero-order valence-electron chi connectivity index (χ0n) is 40.4. The van der Waals surface area contributed by atoms with Gasteiger partial charge in [0.05, 0.1) is 34.4 Å². The van der Waals surface area contributed by atoms with Gasteiger partial charge in [0.2, 0.25) is 0 Å². The predicted octanol–water partition coefficient (Wildman–Crippen LogP) is 14.6. The largest absolute Gasteiger partial charge is 0.756 e. The predicted molar refractivity (Wildman–Crippen MR) is 259 cm³/mol. The first-order valence-corrected chi connectivity index (χ1v) is 26.5. The molecule has 0 radical (unpaired) electrons. The van der Waals surface area contributed by atoms with Crippen LogP contribution >= 0.6 is 7.82 Å². The molecule has 0 aliphatic carbocycles. The summed E-state index contributed by atoms with van der Waals surface area (Å²) >= 11 is 0. The van der Waals surface area contributed by atoms with Crippen molar-refractivity contribution in [2.75, 3.05) is 54.1 Å². The van der Waals surface area contributed by atoms with Crippen LogP contribution in [-0.4, -0.2) is 70.7 Å². The fourth-order valence-corrected chi connectivity index (χ4v) is 7.48. The zero-order valence-corrected chi connectivity index (χ0v) is 41.2. The Morgan fingerprint density at radius 3 is 1.43 bits per heavy atom. The Morgan fingerprint density at radius 2 is 0.951 bits per heavy atom. The molecule has 0 spiro atoms. The average Bonchev–Trinajstić information content (AvgIpc) is 3.22. The van der Waals surface area contributed by atoms with Crippen LogP contribution in [0.5, 0.6) is 0 Å². The lowest BCUT2D eigenvalue weighted by atomic mass is 10.0. The monoisotopic (exact) mass is 878 g/mol. The second-order valence-corrected chi connectivity index (χ2v) is 19.2. The van der Waals surface area contributed by atoms with Gasteiger partial charge in [-0.25, -0.2) is 0 Å². The summed E-state index contributed by atoms with van der Waals surface area (Å²) in [5.74, 6) is -0.351. The normalized spacial score (nSPS) is 14.1. The fourth-order valence-electron chi connectivity index (χ4n) is 6.75.